The molecule has 2 unspecified atom stereocenters. The van der Waals surface area contributed by atoms with E-state index >= 15 is 0 Å². The molecule has 31 heavy (non-hydrogen) atoms. The van der Waals surface area contributed by atoms with Gasteiger partial charge in [-0.05, 0) is 35.4 Å². The molecule has 0 bridgehead atoms. The van der Waals surface area contributed by atoms with Crippen molar-refractivity contribution in [1.82, 2.24) is 9.88 Å². The molecular formula is C24H23N3O4. The number of aliphatic hydroxyl groups is 1. The largest absolute Gasteiger partial charge is 0.386 e. The number of aliphatic hydroxyl groups excluding tert-OH is 1. The molecule has 0 spiro atoms. The molecule has 0 radical (unpaired) electrons. The molecule has 0 saturated carbocycles. The monoisotopic (exact) mass is 417 g/mol. The molecule has 2 N–H and O–H groups in total. The lowest BCUT2D eigenvalue weighted by Crippen LogP contribution is -2.51. The first kappa shape index (κ1) is 20.7. The van der Waals surface area contributed by atoms with Crippen molar-refractivity contribution >= 4 is 17.5 Å². The Bertz CT molecular complexity index is 1030. The minimum Gasteiger partial charge on any atom is -0.386 e. The number of morpholine rings is 1. The van der Waals surface area contributed by atoms with E-state index in [9.17, 15) is 14.7 Å². The number of amides is 2. The van der Waals surface area contributed by atoms with Crippen LogP contribution in [-0.2, 0) is 16.1 Å². The van der Waals surface area contributed by atoms with Gasteiger partial charge in [-0.25, -0.2) is 0 Å². The third-order valence-corrected chi connectivity index (χ3v) is 5.23. The summed E-state index contributed by atoms with van der Waals surface area (Å²) in [6.45, 7) is 0.665. The van der Waals surface area contributed by atoms with Gasteiger partial charge in [0.25, 0.3) is 5.91 Å². The van der Waals surface area contributed by atoms with Gasteiger partial charge in [0.15, 0.2) is 0 Å². The fourth-order valence-corrected chi connectivity index (χ4v) is 3.56. The Labute approximate surface area is 180 Å². The first-order valence-electron chi connectivity index (χ1n) is 10.0. The maximum Gasteiger partial charge on any atom is 0.257 e. The summed E-state index contributed by atoms with van der Waals surface area (Å²) in [6.07, 6.45) is 2.18. The van der Waals surface area contributed by atoms with E-state index < -0.39 is 12.1 Å². The lowest BCUT2D eigenvalue weighted by Gasteiger charge is -2.38. The molecule has 0 aliphatic carbocycles. The highest BCUT2D eigenvalue weighted by Crippen LogP contribution is 2.26. The van der Waals surface area contributed by atoms with Gasteiger partial charge in [0.05, 0.1) is 18.2 Å². The fraction of sp³-hybridized carbons (Fsp3) is 0.208. The average molecular weight is 417 g/mol. The van der Waals surface area contributed by atoms with Crippen LogP contribution in [-0.4, -0.2) is 46.1 Å². The van der Waals surface area contributed by atoms with E-state index in [1.807, 2.05) is 30.3 Å². The molecule has 2 amide bonds. The Hall–Kier alpha value is -3.55. The van der Waals surface area contributed by atoms with E-state index in [0.29, 0.717) is 23.4 Å². The molecule has 158 valence electrons. The van der Waals surface area contributed by atoms with Crippen LogP contribution in [0.25, 0.3) is 0 Å². The van der Waals surface area contributed by atoms with Gasteiger partial charge in [0.2, 0.25) is 5.91 Å². The van der Waals surface area contributed by atoms with Crippen LogP contribution in [0.2, 0.25) is 0 Å². The number of benzene rings is 2. The minimum absolute atomic E-state index is 0.00929. The zero-order chi connectivity index (χ0) is 21.6. The zero-order valence-corrected chi connectivity index (χ0v) is 16.8. The summed E-state index contributed by atoms with van der Waals surface area (Å²) in [5, 5.41) is 13.8. The Kier molecular flexibility index (Phi) is 6.35. The number of carbonyl (C=O) groups excluding carboxylic acids is 2. The molecule has 4 rings (SSSR count). The topological polar surface area (TPSA) is 91.8 Å². The minimum atomic E-state index is -0.920. The molecule has 1 aliphatic rings. The highest BCUT2D eigenvalue weighted by molar-refractivity contribution is 6.04. The van der Waals surface area contributed by atoms with Gasteiger partial charge >= 0.3 is 0 Å². The van der Waals surface area contributed by atoms with Crippen molar-refractivity contribution in [3.05, 3.63) is 95.8 Å². The Balaban J connectivity index is 1.46. The molecule has 1 aromatic heterocycles. The third-order valence-electron chi connectivity index (χ3n) is 5.23. The number of carbonyl (C=O) groups is 2. The van der Waals surface area contributed by atoms with Crippen molar-refractivity contribution in [3.8, 4) is 0 Å². The van der Waals surface area contributed by atoms with Gasteiger partial charge in [0, 0.05) is 24.6 Å². The van der Waals surface area contributed by atoms with E-state index in [1.54, 1.807) is 47.5 Å². The molecular weight excluding hydrogens is 394 g/mol. The molecule has 1 saturated heterocycles. The summed E-state index contributed by atoms with van der Waals surface area (Å²) < 4.78 is 5.42. The molecule has 1 fully saturated rings. The second kappa shape index (κ2) is 9.51. The highest BCUT2D eigenvalue weighted by atomic mass is 16.5. The maximum atomic E-state index is 12.5. The summed E-state index contributed by atoms with van der Waals surface area (Å²) in [5.74, 6) is -0.416. The number of pyridine rings is 1. The van der Waals surface area contributed by atoms with E-state index in [4.69, 9.17) is 4.74 Å². The van der Waals surface area contributed by atoms with Crippen LogP contribution >= 0.6 is 0 Å². The first-order valence-corrected chi connectivity index (χ1v) is 10.0. The third kappa shape index (κ3) is 4.96. The standard InChI is InChI=1S/C24H23N3O4/c28-22-16-31-15-21(27(22)14-17-5-2-1-3-6-17)23(29)18-8-10-20(11-9-18)26-24(30)19-7-4-12-25-13-19/h1-13,21,23,29H,14-16H2,(H,26,30). The normalized spacial score (nSPS) is 17.3. The second-order valence-electron chi connectivity index (χ2n) is 7.35. The van der Waals surface area contributed by atoms with Crippen LogP contribution < -0.4 is 5.32 Å². The fourth-order valence-electron chi connectivity index (χ4n) is 3.56. The van der Waals surface area contributed by atoms with Gasteiger partial charge in [-0.15, -0.1) is 0 Å². The highest BCUT2D eigenvalue weighted by Gasteiger charge is 2.34. The van der Waals surface area contributed by atoms with Gasteiger partial charge in [-0.1, -0.05) is 42.5 Å². The quantitative estimate of drug-likeness (QED) is 0.644. The summed E-state index contributed by atoms with van der Waals surface area (Å²) in [5.41, 5.74) is 2.69. The maximum absolute atomic E-state index is 12.5. The van der Waals surface area contributed by atoms with Crippen LogP contribution in [0.1, 0.15) is 27.6 Å². The molecule has 3 aromatic rings. The summed E-state index contributed by atoms with van der Waals surface area (Å²) in [7, 11) is 0. The number of nitrogens with zero attached hydrogens (tertiary/aromatic N) is 2. The van der Waals surface area contributed by atoms with E-state index in [0.717, 1.165) is 5.56 Å². The zero-order valence-electron chi connectivity index (χ0n) is 16.8. The van der Waals surface area contributed by atoms with E-state index in [1.165, 1.54) is 6.20 Å². The molecule has 1 aliphatic heterocycles. The number of ether oxygens (including phenoxy) is 1. The summed E-state index contributed by atoms with van der Waals surface area (Å²) in [4.78, 5) is 30.4. The van der Waals surface area contributed by atoms with Crippen LogP contribution in [0.5, 0.6) is 0 Å². The first-order chi connectivity index (χ1) is 15.1. The van der Waals surface area contributed by atoms with Gasteiger partial charge in [-0.2, -0.15) is 0 Å². The van der Waals surface area contributed by atoms with Crippen molar-refractivity contribution in [2.45, 2.75) is 18.7 Å². The van der Waals surface area contributed by atoms with Crippen LogP contribution in [0.3, 0.4) is 0 Å². The Morgan fingerprint density at radius 2 is 1.90 bits per heavy atom. The molecule has 2 heterocycles. The molecule has 2 atom stereocenters. The van der Waals surface area contributed by atoms with Gasteiger partial charge in [0.1, 0.15) is 12.7 Å². The SMILES string of the molecule is O=C(Nc1ccc(C(O)C2COCC(=O)N2Cc2ccccc2)cc1)c1cccnc1. The number of aromatic nitrogens is 1. The molecule has 7 nitrogen and oxygen atoms in total. The number of anilines is 1. The van der Waals surface area contributed by atoms with Crippen molar-refractivity contribution in [2.75, 3.05) is 18.5 Å². The average Bonchev–Trinajstić information content (AvgIpc) is 2.82. The van der Waals surface area contributed by atoms with Gasteiger partial charge in [-0.3, -0.25) is 14.6 Å². The van der Waals surface area contributed by atoms with Crippen molar-refractivity contribution < 1.29 is 19.4 Å². The lowest BCUT2D eigenvalue weighted by atomic mass is 9.99. The number of hydrogen-bond donors (Lipinski definition) is 2. The Morgan fingerprint density at radius 3 is 2.61 bits per heavy atom. The van der Waals surface area contributed by atoms with Gasteiger partial charge < -0.3 is 20.1 Å². The number of nitrogens with one attached hydrogen (secondary N) is 1. The number of hydrogen-bond acceptors (Lipinski definition) is 5. The van der Waals surface area contributed by atoms with Crippen LogP contribution in [0.4, 0.5) is 5.69 Å². The lowest BCUT2D eigenvalue weighted by molar-refractivity contribution is -0.155. The predicted octanol–water partition coefficient (Wildman–Crippen LogP) is 2.79. The summed E-state index contributed by atoms with van der Waals surface area (Å²) >= 11 is 0. The van der Waals surface area contributed by atoms with Crippen molar-refractivity contribution in [3.63, 3.8) is 0 Å². The van der Waals surface area contributed by atoms with Crippen LogP contribution in [0, 0.1) is 0 Å². The Morgan fingerprint density at radius 1 is 1.13 bits per heavy atom. The van der Waals surface area contributed by atoms with Crippen molar-refractivity contribution in [1.29, 1.82) is 0 Å². The van der Waals surface area contributed by atoms with E-state index in [-0.39, 0.29) is 25.0 Å². The number of rotatable bonds is 6. The van der Waals surface area contributed by atoms with Crippen LogP contribution in [0.15, 0.2) is 79.1 Å². The van der Waals surface area contributed by atoms with E-state index in [2.05, 4.69) is 10.3 Å². The molecule has 2 aromatic carbocycles. The smallest absolute Gasteiger partial charge is 0.257 e. The second-order valence-corrected chi connectivity index (χ2v) is 7.35. The van der Waals surface area contributed by atoms with Crippen molar-refractivity contribution in [2.24, 2.45) is 0 Å². The molecule has 7 heteroatoms. The summed E-state index contributed by atoms with van der Waals surface area (Å²) in [6, 6.07) is 19.5. The predicted molar refractivity (Wildman–Crippen MR) is 115 cm³/mol.